The van der Waals surface area contributed by atoms with Crippen LogP contribution in [0.3, 0.4) is 0 Å². The van der Waals surface area contributed by atoms with Crippen molar-refractivity contribution in [1.82, 2.24) is 0 Å². The monoisotopic (exact) mass is 257 g/mol. The molecule has 0 atom stereocenters. The first-order valence-electron chi connectivity index (χ1n) is 5.41. The van der Waals surface area contributed by atoms with E-state index in [4.69, 9.17) is 0 Å². The molecule has 0 heterocycles. The Morgan fingerprint density at radius 2 is 2.12 bits per heavy atom. The Kier molecular flexibility index (Phi) is 4.69. The zero-order valence-electron chi connectivity index (χ0n) is 9.90. The molecule has 0 bridgehead atoms. The van der Waals surface area contributed by atoms with Gasteiger partial charge in [-0.3, -0.25) is 4.72 Å². The molecule has 0 spiro atoms. The molecule has 1 aromatic carbocycles. The number of allylic oxidation sites excluding steroid dienone is 1. The van der Waals surface area contributed by atoms with Crippen LogP contribution in [-0.2, 0) is 10.0 Å². The van der Waals surface area contributed by atoms with Crippen molar-refractivity contribution in [3.05, 3.63) is 35.7 Å². The zero-order chi connectivity index (χ0) is 12.9. The average molecular weight is 257 g/mol. The van der Waals surface area contributed by atoms with Crippen LogP contribution in [0.15, 0.2) is 24.3 Å². The SMILES string of the molecule is CC=Cc1cc(F)ccc1NS(=O)(=O)CCC. The number of benzene rings is 1. The summed E-state index contributed by atoms with van der Waals surface area (Å²) in [6.07, 6.45) is 3.93. The molecule has 0 saturated carbocycles. The molecule has 17 heavy (non-hydrogen) atoms. The van der Waals surface area contributed by atoms with Crippen molar-refractivity contribution in [3.8, 4) is 0 Å². The van der Waals surface area contributed by atoms with Gasteiger partial charge in [0, 0.05) is 5.56 Å². The largest absolute Gasteiger partial charge is 0.283 e. The smallest absolute Gasteiger partial charge is 0.232 e. The topological polar surface area (TPSA) is 46.2 Å². The van der Waals surface area contributed by atoms with Crippen molar-refractivity contribution < 1.29 is 12.8 Å². The van der Waals surface area contributed by atoms with Crippen LogP contribution >= 0.6 is 0 Å². The van der Waals surface area contributed by atoms with Gasteiger partial charge in [-0.25, -0.2) is 12.8 Å². The first-order valence-corrected chi connectivity index (χ1v) is 7.06. The molecule has 0 radical (unpaired) electrons. The zero-order valence-corrected chi connectivity index (χ0v) is 10.7. The number of hydrogen-bond donors (Lipinski definition) is 1. The van der Waals surface area contributed by atoms with Crippen LogP contribution < -0.4 is 4.72 Å². The number of hydrogen-bond acceptors (Lipinski definition) is 2. The summed E-state index contributed by atoms with van der Waals surface area (Å²) >= 11 is 0. The molecular formula is C12H16FNO2S. The third-order valence-corrected chi connectivity index (χ3v) is 3.57. The molecule has 1 N–H and O–H groups in total. The number of sulfonamides is 1. The number of anilines is 1. The molecular weight excluding hydrogens is 241 g/mol. The van der Waals surface area contributed by atoms with Gasteiger partial charge in [0.15, 0.2) is 0 Å². The minimum atomic E-state index is -3.34. The van der Waals surface area contributed by atoms with Crippen LogP contribution in [-0.4, -0.2) is 14.2 Å². The Bertz CT molecular complexity index is 509. The maximum atomic E-state index is 13.0. The van der Waals surface area contributed by atoms with Gasteiger partial charge >= 0.3 is 0 Å². The van der Waals surface area contributed by atoms with E-state index in [-0.39, 0.29) is 5.75 Å². The maximum Gasteiger partial charge on any atom is 0.232 e. The van der Waals surface area contributed by atoms with Crippen LogP contribution in [0, 0.1) is 5.82 Å². The van der Waals surface area contributed by atoms with Gasteiger partial charge in [0.1, 0.15) is 5.82 Å². The Morgan fingerprint density at radius 1 is 1.41 bits per heavy atom. The average Bonchev–Trinajstić information content (AvgIpc) is 2.22. The van der Waals surface area contributed by atoms with Crippen molar-refractivity contribution in [1.29, 1.82) is 0 Å². The Hall–Kier alpha value is -1.36. The summed E-state index contributed by atoms with van der Waals surface area (Å²) in [7, 11) is -3.34. The van der Waals surface area contributed by atoms with Gasteiger partial charge in [-0.05, 0) is 31.5 Å². The van der Waals surface area contributed by atoms with E-state index in [9.17, 15) is 12.8 Å². The van der Waals surface area contributed by atoms with Crippen LogP contribution in [0.25, 0.3) is 6.08 Å². The van der Waals surface area contributed by atoms with E-state index < -0.39 is 15.8 Å². The van der Waals surface area contributed by atoms with Crippen molar-refractivity contribution in [2.24, 2.45) is 0 Å². The van der Waals surface area contributed by atoms with E-state index in [1.165, 1.54) is 18.2 Å². The summed E-state index contributed by atoms with van der Waals surface area (Å²) in [4.78, 5) is 0. The highest BCUT2D eigenvalue weighted by Crippen LogP contribution is 2.20. The fourth-order valence-electron chi connectivity index (χ4n) is 1.43. The van der Waals surface area contributed by atoms with Crippen molar-refractivity contribution in [2.45, 2.75) is 20.3 Å². The summed E-state index contributed by atoms with van der Waals surface area (Å²) in [6.45, 7) is 3.58. The quantitative estimate of drug-likeness (QED) is 0.881. The molecule has 0 aliphatic carbocycles. The van der Waals surface area contributed by atoms with Crippen LogP contribution in [0.1, 0.15) is 25.8 Å². The van der Waals surface area contributed by atoms with Crippen LogP contribution in [0.2, 0.25) is 0 Å². The molecule has 0 aromatic heterocycles. The standard InChI is InChI=1S/C12H16FNO2S/c1-3-5-10-9-11(13)6-7-12(10)14-17(15,16)8-4-2/h3,5-7,9,14H,4,8H2,1-2H3. The normalized spacial score (nSPS) is 11.9. The van der Waals surface area contributed by atoms with Gasteiger partial charge in [-0.1, -0.05) is 19.1 Å². The van der Waals surface area contributed by atoms with E-state index in [1.54, 1.807) is 26.0 Å². The second-order valence-electron chi connectivity index (χ2n) is 3.65. The second-order valence-corrected chi connectivity index (χ2v) is 5.49. The van der Waals surface area contributed by atoms with Crippen molar-refractivity contribution in [2.75, 3.05) is 10.5 Å². The van der Waals surface area contributed by atoms with E-state index in [2.05, 4.69) is 4.72 Å². The summed E-state index contributed by atoms with van der Waals surface area (Å²) < 4.78 is 38.7. The summed E-state index contributed by atoms with van der Waals surface area (Å²) in [5.74, 6) is -0.337. The highest BCUT2D eigenvalue weighted by Gasteiger charge is 2.11. The maximum absolute atomic E-state index is 13.0. The molecule has 3 nitrogen and oxygen atoms in total. The van der Waals surface area contributed by atoms with Gasteiger partial charge in [0.05, 0.1) is 11.4 Å². The van der Waals surface area contributed by atoms with Gasteiger partial charge < -0.3 is 0 Å². The number of halogens is 1. The number of rotatable bonds is 5. The lowest BCUT2D eigenvalue weighted by atomic mass is 10.1. The Morgan fingerprint density at radius 3 is 2.71 bits per heavy atom. The van der Waals surface area contributed by atoms with Gasteiger partial charge in [-0.2, -0.15) is 0 Å². The molecule has 0 fully saturated rings. The highest BCUT2D eigenvalue weighted by molar-refractivity contribution is 7.92. The molecule has 0 aliphatic heterocycles. The summed E-state index contributed by atoms with van der Waals surface area (Å²) in [5, 5.41) is 0. The van der Waals surface area contributed by atoms with E-state index in [1.807, 2.05) is 0 Å². The molecule has 5 heteroatoms. The molecule has 0 aliphatic rings. The predicted octanol–water partition coefficient (Wildman–Crippen LogP) is 3.01. The lowest BCUT2D eigenvalue weighted by molar-refractivity contribution is 0.599. The van der Waals surface area contributed by atoms with Gasteiger partial charge in [-0.15, -0.1) is 0 Å². The Labute approximate surface area is 101 Å². The first-order chi connectivity index (χ1) is 7.98. The van der Waals surface area contributed by atoms with Gasteiger partial charge in [0.25, 0.3) is 0 Å². The van der Waals surface area contributed by atoms with E-state index >= 15 is 0 Å². The first kappa shape index (κ1) is 13.7. The van der Waals surface area contributed by atoms with E-state index in [0.717, 1.165) is 0 Å². The summed E-state index contributed by atoms with van der Waals surface area (Å²) in [6, 6.07) is 3.96. The van der Waals surface area contributed by atoms with Crippen LogP contribution in [0.4, 0.5) is 10.1 Å². The molecule has 0 saturated heterocycles. The highest BCUT2D eigenvalue weighted by atomic mass is 32.2. The van der Waals surface area contributed by atoms with E-state index in [0.29, 0.717) is 17.7 Å². The minimum Gasteiger partial charge on any atom is -0.283 e. The number of nitrogens with one attached hydrogen (secondary N) is 1. The molecule has 94 valence electrons. The minimum absolute atomic E-state index is 0.0552. The molecule has 0 amide bonds. The fourth-order valence-corrected chi connectivity index (χ4v) is 2.59. The third kappa shape index (κ3) is 4.19. The fraction of sp³-hybridized carbons (Fsp3) is 0.333. The second kappa shape index (κ2) is 5.82. The Balaban J connectivity index is 3.06. The lowest BCUT2D eigenvalue weighted by Crippen LogP contribution is -2.16. The van der Waals surface area contributed by atoms with Crippen molar-refractivity contribution >= 4 is 21.8 Å². The molecule has 1 aromatic rings. The van der Waals surface area contributed by atoms with Crippen LogP contribution in [0.5, 0.6) is 0 Å². The summed E-state index contributed by atoms with van der Waals surface area (Å²) in [5.41, 5.74) is 0.921. The van der Waals surface area contributed by atoms with Crippen molar-refractivity contribution in [3.63, 3.8) is 0 Å². The molecule has 1 rings (SSSR count). The third-order valence-electron chi connectivity index (χ3n) is 2.10. The lowest BCUT2D eigenvalue weighted by Gasteiger charge is -2.10. The van der Waals surface area contributed by atoms with Gasteiger partial charge in [0.2, 0.25) is 10.0 Å². The predicted molar refractivity (Wildman–Crippen MR) is 68.8 cm³/mol. The molecule has 0 unspecified atom stereocenters.